The van der Waals surface area contributed by atoms with Gasteiger partial charge in [-0.25, -0.2) is 0 Å². The summed E-state index contributed by atoms with van der Waals surface area (Å²) < 4.78 is 0. The van der Waals surface area contributed by atoms with Crippen molar-refractivity contribution in [2.24, 2.45) is 0 Å². The number of hydrogen-bond acceptors (Lipinski definition) is 3. The van der Waals surface area contributed by atoms with Gasteiger partial charge < -0.3 is 0 Å². The van der Waals surface area contributed by atoms with Gasteiger partial charge in [-0.05, 0) is 37.1 Å². The summed E-state index contributed by atoms with van der Waals surface area (Å²) in [6, 6.07) is 6.02. The topological polar surface area (TPSA) is 30.0 Å². The molecule has 0 aromatic carbocycles. The lowest BCUT2D eigenvalue weighted by molar-refractivity contribution is 0.0993. The number of carbonyl (C=O) groups is 1. The minimum Gasteiger partial charge on any atom is -0.294 e. The highest BCUT2D eigenvalue weighted by atomic mass is 32.1. The maximum absolute atomic E-state index is 12.1. The lowest BCUT2D eigenvalue weighted by Gasteiger charge is -2.02. The highest BCUT2D eigenvalue weighted by Crippen LogP contribution is 2.19. The molecule has 88 valence electrons. The fourth-order valence-electron chi connectivity index (χ4n) is 1.72. The van der Waals surface area contributed by atoms with E-state index in [1.165, 1.54) is 4.88 Å². The normalized spacial score (nSPS) is 10.5. The third-order valence-corrected chi connectivity index (χ3v) is 3.97. The van der Waals surface area contributed by atoms with Gasteiger partial charge in [-0.15, -0.1) is 11.3 Å². The van der Waals surface area contributed by atoms with E-state index in [0.717, 1.165) is 22.4 Å². The molecule has 0 aliphatic heterocycles. The Bertz CT molecular complexity index is 531. The lowest BCUT2D eigenvalue weighted by Crippen LogP contribution is -2.04. The van der Waals surface area contributed by atoms with Crippen molar-refractivity contribution in [2.45, 2.75) is 26.7 Å². The van der Waals surface area contributed by atoms with Crippen LogP contribution < -0.4 is 0 Å². The zero-order valence-corrected chi connectivity index (χ0v) is 10.9. The van der Waals surface area contributed by atoms with Gasteiger partial charge in [-0.2, -0.15) is 0 Å². The summed E-state index contributed by atoms with van der Waals surface area (Å²) in [7, 11) is 0. The number of hydrogen-bond donors (Lipinski definition) is 0. The molecule has 0 saturated heterocycles. The maximum Gasteiger partial charge on any atom is 0.169 e. The van der Waals surface area contributed by atoms with E-state index in [4.69, 9.17) is 0 Å². The number of nitrogens with zero attached hydrogens (tertiary/aromatic N) is 1. The second kappa shape index (κ2) is 5.23. The Morgan fingerprint density at radius 3 is 2.71 bits per heavy atom. The number of Topliss-reactive ketones (excluding diaryl/α,β-unsaturated/α-hetero) is 1. The number of thiophene rings is 1. The lowest BCUT2D eigenvalue weighted by atomic mass is 10.1. The van der Waals surface area contributed by atoms with Crippen molar-refractivity contribution in [2.75, 3.05) is 0 Å². The summed E-state index contributed by atoms with van der Waals surface area (Å²) in [5, 5.41) is 0. The summed E-state index contributed by atoms with van der Waals surface area (Å²) in [6.07, 6.45) is 4.89. The maximum atomic E-state index is 12.1. The first-order valence-corrected chi connectivity index (χ1v) is 6.53. The van der Waals surface area contributed by atoms with Gasteiger partial charge in [-0.1, -0.05) is 6.92 Å². The van der Waals surface area contributed by atoms with Gasteiger partial charge in [0.15, 0.2) is 5.78 Å². The molecule has 0 saturated carbocycles. The summed E-state index contributed by atoms with van der Waals surface area (Å²) >= 11 is 1.72. The van der Waals surface area contributed by atoms with Crippen LogP contribution in [0.4, 0.5) is 0 Å². The molecule has 0 atom stereocenters. The molecule has 17 heavy (non-hydrogen) atoms. The van der Waals surface area contributed by atoms with Gasteiger partial charge in [0.05, 0.1) is 0 Å². The molecular weight excluding hydrogens is 230 g/mol. The van der Waals surface area contributed by atoms with Crippen LogP contribution in [0.2, 0.25) is 0 Å². The van der Waals surface area contributed by atoms with Gasteiger partial charge in [0.2, 0.25) is 0 Å². The summed E-state index contributed by atoms with van der Waals surface area (Å²) in [5.41, 5.74) is 1.73. The Labute approximate surface area is 105 Å². The van der Waals surface area contributed by atoms with Crippen LogP contribution in [0.5, 0.6) is 0 Å². The molecule has 0 radical (unpaired) electrons. The fraction of sp³-hybridized carbons (Fsp3) is 0.286. The van der Waals surface area contributed by atoms with Crippen LogP contribution in [0, 0.1) is 6.92 Å². The first kappa shape index (κ1) is 12.0. The Balaban J connectivity index is 2.14. The van der Waals surface area contributed by atoms with E-state index in [1.54, 1.807) is 23.7 Å². The molecule has 0 aliphatic carbocycles. The van der Waals surface area contributed by atoms with Crippen molar-refractivity contribution in [3.8, 4) is 0 Å². The zero-order valence-electron chi connectivity index (χ0n) is 10.1. The quantitative estimate of drug-likeness (QED) is 0.772. The van der Waals surface area contributed by atoms with Crippen LogP contribution in [0.1, 0.15) is 32.6 Å². The second-order valence-electron chi connectivity index (χ2n) is 4.01. The first-order chi connectivity index (χ1) is 8.20. The van der Waals surface area contributed by atoms with Crippen molar-refractivity contribution < 1.29 is 4.79 Å². The van der Waals surface area contributed by atoms with Crippen LogP contribution in [0.3, 0.4) is 0 Å². The highest BCUT2D eigenvalue weighted by molar-refractivity contribution is 7.12. The number of ketones is 1. The first-order valence-electron chi connectivity index (χ1n) is 5.72. The number of carbonyl (C=O) groups excluding carboxylic acids is 1. The highest BCUT2D eigenvalue weighted by Gasteiger charge is 2.11. The number of pyridine rings is 1. The molecule has 0 aliphatic rings. The van der Waals surface area contributed by atoms with Gasteiger partial charge in [0.25, 0.3) is 0 Å². The van der Waals surface area contributed by atoms with Gasteiger partial charge >= 0.3 is 0 Å². The van der Waals surface area contributed by atoms with Gasteiger partial charge in [0, 0.05) is 34.1 Å². The van der Waals surface area contributed by atoms with Crippen molar-refractivity contribution in [3.05, 3.63) is 51.5 Å². The molecule has 2 heterocycles. The van der Waals surface area contributed by atoms with Crippen molar-refractivity contribution >= 4 is 17.1 Å². The molecule has 0 fully saturated rings. The fourth-order valence-corrected chi connectivity index (χ4v) is 2.67. The smallest absolute Gasteiger partial charge is 0.169 e. The molecular formula is C14H15NOS. The molecule has 2 rings (SSSR count). The van der Waals surface area contributed by atoms with Gasteiger partial charge in [0.1, 0.15) is 0 Å². The zero-order chi connectivity index (χ0) is 12.3. The molecule has 2 nitrogen and oxygen atoms in total. The molecule has 3 heteroatoms. The van der Waals surface area contributed by atoms with E-state index in [-0.39, 0.29) is 5.78 Å². The van der Waals surface area contributed by atoms with Crippen LogP contribution in [0.25, 0.3) is 0 Å². The number of aryl methyl sites for hydroxylation is 2. The minimum absolute atomic E-state index is 0.153. The molecule has 0 bridgehead atoms. The third-order valence-electron chi connectivity index (χ3n) is 2.74. The van der Waals surface area contributed by atoms with E-state index in [0.29, 0.717) is 6.42 Å². The van der Waals surface area contributed by atoms with E-state index < -0.39 is 0 Å². The average Bonchev–Trinajstić information content (AvgIpc) is 2.77. The second-order valence-corrected chi connectivity index (χ2v) is 5.27. The molecule has 0 N–H and O–H groups in total. The molecule has 0 amide bonds. The third kappa shape index (κ3) is 2.80. The summed E-state index contributed by atoms with van der Waals surface area (Å²) in [6.45, 7) is 4.07. The predicted molar refractivity (Wildman–Crippen MR) is 70.7 cm³/mol. The Morgan fingerprint density at radius 2 is 2.06 bits per heavy atom. The molecule has 0 unspecified atom stereocenters. The summed E-state index contributed by atoms with van der Waals surface area (Å²) in [4.78, 5) is 18.6. The van der Waals surface area contributed by atoms with Crippen LogP contribution in [-0.4, -0.2) is 10.8 Å². The van der Waals surface area contributed by atoms with E-state index in [2.05, 4.69) is 18.0 Å². The van der Waals surface area contributed by atoms with Crippen molar-refractivity contribution in [1.82, 2.24) is 4.98 Å². The predicted octanol–water partition coefficient (Wildman–Crippen LogP) is 3.44. The van der Waals surface area contributed by atoms with Crippen LogP contribution in [-0.2, 0) is 12.8 Å². The number of aromatic nitrogens is 1. The van der Waals surface area contributed by atoms with E-state index in [1.807, 2.05) is 19.1 Å². The molecule has 2 aromatic rings. The molecule has 0 spiro atoms. The van der Waals surface area contributed by atoms with Crippen molar-refractivity contribution in [3.63, 3.8) is 0 Å². The molecule has 2 aromatic heterocycles. The standard InChI is InChI=1S/C14H15NOS/c1-3-11-4-5-12(17-11)8-14(16)13-9-15-7-6-10(13)2/h4-7,9H,3,8H2,1-2H3. The van der Waals surface area contributed by atoms with E-state index in [9.17, 15) is 4.79 Å². The largest absolute Gasteiger partial charge is 0.294 e. The van der Waals surface area contributed by atoms with Crippen LogP contribution in [0.15, 0.2) is 30.6 Å². The Kier molecular flexibility index (Phi) is 3.69. The Morgan fingerprint density at radius 1 is 1.29 bits per heavy atom. The Hall–Kier alpha value is -1.48. The summed E-state index contributed by atoms with van der Waals surface area (Å²) in [5.74, 6) is 0.153. The minimum atomic E-state index is 0.153. The van der Waals surface area contributed by atoms with E-state index >= 15 is 0 Å². The monoisotopic (exact) mass is 245 g/mol. The SMILES string of the molecule is CCc1ccc(CC(=O)c2cnccc2C)s1. The van der Waals surface area contributed by atoms with Gasteiger partial charge in [-0.3, -0.25) is 9.78 Å². The van der Waals surface area contributed by atoms with Crippen molar-refractivity contribution in [1.29, 1.82) is 0 Å². The average molecular weight is 245 g/mol. The van der Waals surface area contributed by atoms with Crippen LogP contribution >= 0.6 is 11.3 Å². The number of rotatable bonds is 4.